The summed E-state index contributed by atoms with van der Waals surface area (Å²) in [6.45, 7) is 18.3. The fourth-order valence-corrected chi connectivity index (χ4v) is 8.76. The van der Waals surface area contributed by atoms with E-state index in [0.717, 1.165) is 0 Å². The highest BCUT2D eigenvalue weighted by molar-refractivity contribution is 5.79. The van der Waals surface area contributed by atoms with Crippen molar-refractivity contribution < 1.29 is 38.1 Å². The number of hydrogen-bond donors (Lipinski definition) is 0. The van der Waals surface area contributed by atoms with Crippen molar-refractivity contribution in [3.05, 3.63) is 116 Å². The molecule has 8 bridgehead atoms. The smallest absolute Gasteiger partial charge is 0.260 e. The predicted octanol–water partition coefficient (Wildman–Crippen LogP) is 7.10. The van der Waals surface area contributed by atoms with Crippen molar-refractivity contribution in [2.24, 2.45) is 0 Å². The van der Waals surface area contributed by atoms with E-state index in [4.69, 9.17) is 18.9 Å². The van der Waals surface area contributed by atoms with Gasteiger partial charge in [0.25, 0.3) is 23.6 Å². The summed E-state index contributed by atoms with van der Waals surface area (Å²) in [5.41, 5.74) is 5.89. The van der Waals surface area contributed by atoms with Crippen molar-refractivity contribution in [1.82, 2.24) is 19.6 Å². The lowest BCUT2D eigenvalue weighted by Gasteiger charge is -2.25. The Hall–Kier alpha value is -7.06. The molecule has 5 rings (SSSR count). The van der Waals surface area contributed by atoms with Gasteiger partial charge in [0.1, 0.15) is 23.0 Å². The highest BCUT2D eigenvalue weighted by atomic mass is 16.5. The fraction of sp³-hybridized carbons (Fsp3) is 0.444. The van der Waals surface area contributed by atoms with Crippen LogP contribution in [0.15, 0.2) is 60.7 Å². The minimum Gasteiger partial charge on any atom is -0.483 e. The number of rotatable bonds is 20. The van der Waals surface area contributed by atoms with Crippen molar-refractivity contribution in [3.8, 4) is 35.1 Å². The van der Waals surface area contributed by atoms with Crippen LogP contribution in [0.1, 0.15) is 111 Å². The summed E-state index contributed by atoms with van der Waals surface area (Å²) < 4.78 is 26.3. The van der Waals surface area contributed by atoms with Crippen molar-refractivity contribution >= 4 is 23.6 Å². The van der Waals surface area contributed by atoms with E-state index in [9.17, 15) is 29.7 Å². The van der Waals surface area contributed by atoms with Gasteiger partial charge in [-0.15, -0.1) is 0 Å². The van der Waals surface area contributed by atoms with Crippen molar-refractivity contribution in [3.63, 3.8) is 0 Å². The SMILES string of the molecule is CCN(CC)C(=O)COc1c2cccc1Cc1cc(C#N)cc(c1OCC(=O)N(CC)CC)Cc1cccc(c1OCC(=O)N(CC)CC)Cc1cc(C#N)cc(c1OCC(=O)N(CC)CC)C2. The zero-order chi connectivity index (χ0) is 49.3. The first-order valence-electron chi connectivity index (χ1n) is 23.9. The number of hydrogen-bond acceptors (Lipinski definition) is 10. The maximum absolute atomic E-state index is 13.5. The number of ether oxygens (including phenoxy) is 4. The van der Waals surface area contributed by atoms with Gasteiger partial charge >= 0.3 is 0 Å². The first-order chi connectivity index (χ1) is 32.9. The second-order valence-electron chi connectivity index (χ2n) is 16.4. The van der Waals surface area contributed by atoms with Crippen LogP contribution in [-0.2, 0) is 44.9 Å². The number of likely N-dealkylation sites (N-methyl/N-ethyl adjacent to an activating group) is 4. The lowest BCUT2D eigenvalue weighted by Crippen LogP contribution is -2.35. The lowest BCUT2D eigenvalue weighted by molar-refractivity contribution is -0.133. The third-order valence-corrected chi connectivity index (χ3v) is 12.4. The summed E-state index contributed by atoms with van der Waals surface area (Å²) >= 11 is 0. The van der Waals surface area contributed by atoms with Crippen LogP contribution in [-0.4, -0.2) is 122 Å². The molecule has 0 N–H and O–H groups in total. The Labute approximate surface area is 401 Å². The number of benzene rings is 4. The van der Waals surface area contributed by atoms with Gasteiger partial charge in [-0.1, -0.05) is 36.4 Å². The normalized spacial score (nSPS) is 11.6. The molecule has 0 unspecified atom stereocenters. The van der Waals surface area contributed by atoms with Crippen LogP contribution in [0.5, 0.6) is 23.0 Å². The van der Waals surface area contributed by atoms with E-state index >= 15 is 0 Å². The minimum absolute atomic E-state index is 0.174. The van der Waals surface area contributed by atoms with Gasteiger partial charge in [0.2, 0.25) is 0 Å². The molecule has 0 aliphatic heterocycles. The molecule has 68 heavy (non-hydrogen) atoms. The maximum Gasteiger partial charge on any atom is 0.260 e. The predicted molar refractivity (Wildman–Crippen MR) is 260 cm³/mol. The average Bonchev–Trinajstić information content (AvgIpc) is 3.34. The Morgan fingerprint density at radius 2 is 0.603 bits per heavy atom. The zero-order valence-electron chi connectivity index (χ0n) is 41.0. The third kappa shape index (κ3) is 12.7. The van der Waals surface area contributed by atoms with Crippen molar-refractivity contribution in [1.29, 1.82) is 10.5 Å². The van der Waals surface area contributed by atoms with E-state index in [1.807, 2.05) is 91.8 Å². The second kappa shape index (κ2) is 25.2. The van der Waals surface area contributed by atoms with Gasteiger partial charge < -0.3 is 38.5 Å². The molecule has 4 aromatic carbocycles. The van der Waals surface area contributed by atoms with Crippen molar-refractivity contribution in [2.75, 3.05) is 78.8 Å². The van der Waals surface area contributed by atoms with E-state index in [1.54, 1.807) is 43.9 Å². The summed E-state index contributed by atoms with van der Waals surface area (Å²) in [5, 5.41) is 21.0. The zero-order valence-corrected chi connectivity index (χ0v) is 41.0. The molecule has 0 heterocycles. The van der Waals surface area contributed by atoms with E-state index in [2.05, 4.69) is 12.1 Å². The molecule has 0 fully saturated rings. The molecule has 1 aliphatic carbocycles. The molecular weight excluding hydrogens is 861 g/mol. The quantitative estimate of drug-likeness (QED) is 0.0787. The van der Waals surface area contributed by atoms with Crippen LogP contribution in [0.4, 0.5) is 0 Å². The van der Waals surface area contributed by atoms with E-state index in [1.165, 1.54) is 0 Å². The molecular formula is C54H66N6O8. The largest absolute Gasteiger partial charge is 0.483 e. The molecule has 4 amide bonds. The lowest BCUT2D eigenvalue weighted by atomic mass is 9.90. The second-order valence-corrected chi connectivity index (χ2v) is 16.4. The van der Waals surface area contributed by atoms with Crippen molar-refractivity contribution in [2.45, 2.75) is 81.1 Å². The minimum atomic E-state index is -0.257. The number of para-hydroxylation sites is 2. The van der Waals surface area contributed by atoms with Gasteiger partial charge in [-0.2, -0.15) is 10.5 Å². The highest BCUT2D eigenvalue weighted by Gasteiger charge is 2.26. The third-order valence-electron chi connectivity index (χ3n) is 12.4. The van der Waals surface area contributed by atoms with Crippen LogP contribution in [0.3, 0.4) is 0 Å². The van der Waals surface area contributed by atoms with Crippen LogP contribution >= 0.6 is 0 Å². The number of fused-ring (bicyclic) bond motifs is 8. The van der Waals surface area contributed by atoms with E-state index < -0.39 is 0 Å². The molecule has 0 radical (unpaired) electrons. The first-order valence-corrected chi connectivity index (χ1v) is 23.9. The molecule has 360 valence electrons. The monoisotopic (exact) mass is 926 g/mol. The summed E-state index contributed by atoms with van der Waals surface area (Å²) in [5.74, 6) is 0.905. The first kappa shape index (κ1) is 51.9. The number of carbonyl (C=O) groups excluding carboxylic acids is 4. The molecule has 0 saturated carbocycles. The molecule has 1 aliphatic rings. The molecule has 0 saturated heterocycles. The summed E-state index contributed by atoms with van der Waals surface area (Å²) in [7, 11) is 0. The van der Waals surface area contributed by atoms with E-state index in [-0.39, 0.29) is 75.7 Å². The standard InChI is InChI=1S/C54H66N6O8/c1-9-57(10-2)47(61)33-65-51-39-19-17-20-40(51)28-44-24-38(32-56)26-46(54(44)68-36-50(64)60(15-7)16-8)30-42-22-18-21-41(52(42)66-34-48(62)58(11-3)12-4)29-45-25-37(31-55)23-43(27-39)53(45)67-35-49(63)59(13-5)14-6/h17-26H,9-16,27-30,33-36H2,1-8H3. The van der Waals surface area contributed by atoms with Gasteiger partial charge in [-0.25, -0.2) is 0 Å². The Kier molecular flexibility index (Phi) is 19.2. The summed E-state index contributed by atoms with van der Waals surface area (Å²) in [6, 6.07) is 23.0. The topological polar surface area (TPSA) is 166 Å². The molecule has 0 spiro atoms. The Morgan fingerprint density at radius 3 is 0.794 bits per heavy atom. The Bertz CT molecular complexity index is 2250. The Balaban J connectivity index is 1.83. The number of carbonyl (C=O) groups is 4. The maximum atomic E-state index is 13.5. The average molecular weight is 927 g/mol. The number of nitrogens with zero attached hydrogens (tertiary/aromatic N) is 6. The molecule has 0 atom stereocenters. The molecule has 4 aromatic rings. The van der Waals surface area contributed by atoms with Gasteiger partial charge in [0, 0.05) is 100 Å². The van der Waals surface area contributed by atoms with Crippen LogP contribution in [0.25, 0.3) is 0 Å². The number of nitriles is 2. The van der Waals surface area contributed by atoms with Crippen LogP contribution in [0.2, 0.25) is 0 Å². The summed E-state index contributed by atoms with van der Waals surface area (Å²) in [4.78, 5) is 61.0. The van der Waals surface area contributed by atoms with Crippen LogP contribution in [0, 0.1) is 22.7 Å². The molecule has 0 aromatic heterocycles. The van der Waals surface area contributed by atoms with Gasteiger partial charge in [0.05, 0.1) is 23.3 Å². The highest BCUT2D eigenvalue weighted by Crippen LogP contribution is 2.40. The molecule has 14 nitrogen and oxygen atoms in total. The van der Waals surface area contributed by atoms with Crippen LogP contribution < -0.4 is 18.9 Å². The van der Waals surface area contributed by atoms with E-state index in [0.29, 0.717) is 131 Å². The fourth-order valence-electron chi connectivity index (χ4n) is 8.76. The number of amides is 4. The Morgan fingerprint density at radius 1 is 0.397 bits per heavy atom. The molecule has 14 heteroatoms. The van der Waals surface area contributed by atoms with Gasteiger partial charge in [-0.05, 0) is 102 Å². The summed E-state index contributed by atoms with van der Waals surface area (Å²) in [6.07, 6.45) is 0.694. The van der Waals surface area contributed by atoms with Gasteiger partial charge in [-0.3, -0.25) is 19.2 Å². The van der Waals surface area contributed by atoms with Gasteiger partial charge in [0.15, 0.2) is 26.4 Å².